The standard InChI is InChI=1S/C15H16N4/c1-2-4-13-10-19(9-12(13)3-1)15-7-11-5-6-16-8-14(11)17-18-15/h1-4,7,16H,5-6,8-10H2. The van der Waals surface area contributed by atoms with Crippen LogP contribution in [0.25, 0.3) is 0 Å². The average molecular weight is 252 g/mol. The Labute approximate surface area is 112 Å². The number of nitrogens with one attached hydrogen (secondary N) is 1. The van der Waals surface area contributed by atoms with Crippen LogP contribution < -0.4 is 10.2 Å². The Morgan fingerprint density at radius 1 is 1.00 bits per heavy atom. The van der Waals surface area contributed by atoms with E-state index in [1.807, 2.05) is 0 Å². The Morgan fingerprint density at radius 2 is 1.79 bits per heavy atom. The van der Waals surface area contributed by atoms with Crippen LogP contribution in [0.15, 0.2) is 30.3 Å². The first-order valence-corrected chi connectivity index (χ1v) is 6.78. The lowest BCUT2D eigenvalue weighted by molar-refractivity contribution is 0.614. The van der Waals surface area contributed by atoms with E-state index in [1.54, 1.807) is 0 Å². The Bertz CT molecular complexity index is 598. The predicted molar refractivity (Wildman–Crippen MR) is 73.8 cm³/mol. The average Bonchev–Trinajstić information content (AvgIpc) is 2.90. The minimum absolute atomic E-state index is 0.850. The highest BCUT2D eigenvalue weighted by Gasteiger charge is 2.21. The van der Waals surface area contributed by atoms with Crippen LogP contribution in [0.2, 0.25) is 0 Å². The van der Waals surface area contributed by atoms with Crippen molar-refractivity contribution in [3.63, 3.8) is 0 Å². The minimum atomic E-state index is 0.850. The van der Waals surface area contributed by atoms with E-state index in [0.717, 1.165) is 44.1 Å². The van der Waals surface area contributed by atoms with E-state index in [0.29, 0.717) is 0 Å². The second kappa shape index (κ2) is 4.31. The van der Waals surface area contributed by atoms with Crippen LogP contribution in [-0.2, 0) is 26.1 Å². The lowest BCUT2D eigenvalue weighted by Crippen LogP contribution is -2.26. The van der Waals surface area contributed by atoms with Gasteiger partial charge in [0.1, 0.15) is 0 Å². The second-order valence-electron chi connectivity index (χ2n) is 5.23. The number of hydrogen-bond donors (Lipinski definition) is 1. The van der Waals surface area contributed by atoms with Gasteiger partial charge in [-0.15, -0.1) is 5.10 Å². The first-order chi connectivity index (χ1) is 9.40. The molecule has 2 aliphatic rings. The SMILES string of the molecule is c1ccc2c(c1)CN(c1cc3c(nn1)CNCC3)C2. The maximum atomic E-state index is 4.39. The van der Waals surface area contributed by atoms with Crippen molar-refractivity contribution in [2.24, 2.45) is 0 Å². The molecule has 1 N–H and O–H groups in total. The first-order valence-electron chi connectivity index (χ1n) is 6.78. The van der Waals surface area contributed by atoms with Gasteiger partial charge in [0.15, 0.2) is 5.82 Å². The summed E-state index contributed by atoms with van der Waals surface area (Å²) in [6.45, 7) is 3.78. The van der Waals surface area contributed by atoms with Gasteiger partial charge >= 0.3 is 0 Å². The van der Waals surface area contributed by atoms with E-state index in [-0.39, 0.29) is 0 Å². The molecule has 0 bridgehead atoms. The van der Waals surface area contributed by atoms with Gasteiger partial charge in [-0.3, -0.25) is 0 Å². The molecule has 0 saturated carbocycles. The van der Waals surface area contributed by atoms with Gasteiger partial charge in [-0.05, 0) is 35.7 Å². The monoisotopic (exact) mass is 252 g/mol. The lowest BCUT2D eigenvalue weighted by Gasteiger charge is -2.20. The Balaban J connectivity index is 1.64. The van der Waals surface area contributed by atoms with Crippen molar-refractivity contribution >= 4 is 5.82 Å². The van der Waals surface area contributed by atoms with E-state index in [9.17, 15) is 0 Å². The molecule has 0 fully saturated rings. The van der Waals surface area contributed by atoms with Crippen LogP contribution in [0.3, 0.4) is 0 Å². The summed E-state index contributed by atoms with van der Waals surface area (Å²) in [5, 5.41) is 12.1. The molecule has 2 aromatic rings. The van der Waals surface area contributed by atoms with Crippen LogP contribution >= 0.6 is 0 Å². The number of aromatic nitrogens is 2. The van der Waals surface area contributed by atoms with Gasteiger partial charge in [0.2, 0.25) is 0 Å². The maximum Gasteiger partial charge on any atom is 0.152 e. The molecule has 1 aromatic carbocycles. The smallest absolute Gasteiger partial charge is 0.152 e. The van der Waals surface area contributed by atoms with E-state index >= 15 is 0 Å². The van der Waals surface area contributed by atoms with Gasteiger partial charge in [-0.25, -0.2) is 0 Å². The molecule has 4 rings (SSSR count). The highest BCUT2D eigenvalue weighted by Crippen LogP contribution is 2.27. The van der Waals surface area contributed by atoms with Crippen LogP contribution in [-0.4, -0.2) is 16.7 Å². The third-order valence-electron chi connectivity index (χ3n) is 3.98. The molecule has 0 atom stereocenters. The third-order valence-corrected chi connectivity index (χ3v) is 3.98. The molecule has 0 spiro atoms. The topological polar surface area (TPSA) is 41.1 Å². The number of fused-ring (bicyclic) bond motifs is 2. The zero-order valence-electron chi connectivity index (χ0n) is 10.8. The summed E-state index contributed by atoms with van der Waals surface area (Å²) in [5.74, 6) is 1.01. The Kier molecular flexibility index (Phi) is 2.48. The molecular weight excluding hydrogens is 236 g/mol. The van der Waals surface area contributed by atoms with Gasteiger partial charge in [-0.2, -0.15) is 5.10 Å². The van der Waals surface area contributed by atoms with Crippen LogP contribution in [0, 0.1) is 0 Å². The van der Waals surface area contributed by atoms with Gasteiger partial charge in [0.25, 0.3) is 0 Å². The molecule has 1 aromatic heterocycles. The summed E-state index contributed by atoms with van der Waals surface area (Å²) in [6.07, 6.45) is 1.05. The summed E-state index contributed by atoms with van der Waals surface area (Å²) in [6, 6.07) is 10.8. The van der Waals surface area contributed by atoms with Crippen LogP contribution in [0.4, 0.5) is 5.82 Å². The van der Waals surface area contributed by atoms with Gasteiger partial charge in [0, 0.05) is 19.6 Å². The largest absolute Gasteiger partial charge is 0.346 e. The fourth-order valence-electron chi connectivity index (χ4n) is 2.89. The Hall–Kier alpha value is -1.94. The zero-order chi connectivity index (χ0) is 12.7. The molecule has 4 heteroatoms. The summed E-state index contributed by atoms with van der Waals surface area (Å²) < 4.78 is 0. The fraction of sp³-hybridized carbons (Fsp3) is 0.333. The molecule has 3 heterocycles. The van der Waals surface area contributed by atoms with Crippen molar-refractivity contribution < 1.29 is 0 Å². The van der Waals surface area contributed by atoms with Crippen molar-refractivity contribution in [2.45, 2.75) is 26.1 Å². The van der Waals surface area contributed by atoms with E-state index in [4.69, 9.17) is 0 Å². The van der Waals surface area contributed by atoms with E-state index < -0.39 is 0 Å². The summed E-state index contributed by atoms with van der Waals surface area (Å²) >= 11 is 0. The number of hydrogen-bond acceptors (Lipinski definition) is 4. The molecule has 19 heavy (non-hydrogen) atoms. The van der Waals surface area contributed by atoms with Crippen LogP contribution in [0.1, 0.15) is 22.4 Å². The summed E-state index contributed by atoms with van der Waals surface area (Å²) in [7, 11) is 0. The van der Waals surface area contributed by atoms with Crippen molar-refractivity contribution in [2.75, 3.05) is 11.4 Å². The number of rotatable bonds is 1. The molecule has 0 saturated heterocycles. The van der Waals surface area contributed by atoms with Gasteiger partial charge in [0.05, 0.1) is 5.69 Å². The van der Waals surface area contributed by atoms with Crippen molar-refractivity contribution in [1.29, 1.82) is 0 Å². The van der Waals surface area contributed by atoms with E-state index in [1.165, 1.54) is 16.7 Å². The first kappa shape index (κ1) is 10.9. The zero-order valence-corrected chi connectivity index (χ0v) is 10.8. The summed E-state index contributed by atoms with van der Waals surface area (Å²) in [5.41, 5.74) is 5.26. The highest BCUT2D eigenvalue weighted by molar-refractivity contribution is 5.48. The van der Waals surface area contributed by atoms with Crippen molar-refractivity contribution in [3.05, 3.63) is 52.7 Å². The molecule has 0 aliphatic carbocycles. The number of anilines is 1. The minimum Gasteiger partial charge on any atom is -0.346 e. The van der Waals surface area contributed by atoms with Crippen LogP contribution in [0.5, 0.6) is 0 Å². The van der Waals surface area contributed by atoms with Gasteiger partial charge in [-0.1, -0.05) is 24.3 Å². The maximum absolute atomic E-state index is 4.39. The predicted octanol–water partition coefficient (Wildman–Crippen LogP) is 1.64. The molecule has 0 unspecified atom stereocenters. The number of benzene rings is 1. The highest BCUT2D eigenvalue weighted by atomic mass is 15.3. The lowest BCUT2D eigenvalue weighted by atomic mass is 10.1. The van der Waals surface area contributed by atoms with Gasteiger partial charge < -0.3 is 10.2 Å². The Morgan fingerprint density at radius 3 is 2.58 bits per heavy atom. The molecule has 96 valence electrons. The third kappa shape index (κ3) is 1.88. The molecule has 0 amide bonds. The van der Waals surface area contributed by atoms with E-state index in [2.05, 4.69) is 50.7 Å². The summed E-state index contributed by atoms with van der Waals surface area (Å²) in [4.78, 5) is 2.31. The molecule has 2 aliphatic heterocycles. The molecule has 4 nitrogen and oxygen atoms in total. The fourth-order valence-corrected chi connectivity index (χ4v) is 2.89. The second-order valence-corrected chi connectivity index (χ2v) is 5.23. The number of nitrogens with zero attached hydrogens (tertiary/aromatic N) is 3. The van der Waals surface area contributed by atoms with Crippen molar-refractivity contribution in [3.8, 4) is 0 Å². The van der Waals surface area contributed by atoms with Crippen molar-refractivity contribution in [1.82, 2.24) is 15.5 Å². The quantitative estimate of drug-likeness (QED) is 0.837. The normalized spacial score (nSPS) is 17.2. The molecular formula is C15H16N4. The molecule has 0 radical (unpaired) electrons.